The van der Waals surface area contributed by atoms with E-state index in [1.54, 1.807) is 0 Å². The third-order valence-electron chi connectivity index (χ3n) is 3.38. The third kappa shape index (κ3) is 2.92. The molecule has 0 bridgehead atoms. The Bertz CT molecular complexity index is 408. The van der Waals surface area contributed by atoms with Crippen molar-refractivity contribution in [3.05, 3.63) is 22.4 Å². The second kappa shape index (κ2) is 5.25. The fraction of sp³-hybridized carbons (Fsp3) is 0.615. The second-order valence-corrected chi connectivity index (χ2v) is 5.97. The van der Waals surface area contributed by atoms with Crippen LogP contribution in [-0.2, 0) is 0 Å². The van der Waals surface area contributed by atoms with Crippen LogP contribution in [-0.4, -0.2) is 17.0 Å². The number of carbonyl (C=O) groups excluding carboxylic acids is 1. The molecular weight excluding hydrogens is 280 g/mol. The zero-order chi connectivity index (χ0) is 12.4. The maximum absolute atomic E-state index is 12.1. The standard InChI is InChI=1S/C13H19BrN2O/c1-9(2)16-8-11(14)6-12(16)13(17)15-7-10-4-3-5-10/h6,8-10H,3-5,7H2,1-2H3,(H,15,17). The first-order valence-electron chi connectivity index (χ1n) is 6.23. The molecule has 1 aliphatic carbocycles. The lowest BCUT2D eigenvalue weighted by Crippen LogP contribution is -2.33. The first-order valence-corrected chi connectivity index (χ1v) is 7.03. The summed E-state index contributed by atoms with van der Waals surface area (Å²) in [4.78, 5) is 12.1. The SMILES string of the molecule is CC(C)n1cc(Br)cc1C(=O)NCC1CCC1. The average Bonchev–Trinajstić information content (AvgIpc) is 2.58. The average molecular weight is 299 g/mol. The quantitative estimate of drug-likeness (QED) is 0.909. The zero-order valence-corrected chi connectivity index (χ0v) is 12.0. The Balaban J connectivity index is 2.01. The van der Waals surface area contributed by atoms with Crippen LogP contribution in [0.1, 0.15) is 49.6 Å². The number of aromatic nitrogens is 1. The van der Waals surface area contributed by atoms with E-state index in [9.17, 15) is 4.79 Å². The van der Waals surface area contributed by atoms with Gasteiger partial charge in [-0.15, -0.1) is 0 Å². The van der Waals surface area contributed by atoms with Gasteiger partial charge in [-0.3, -0.25) is 4.79 Å². The predicted molar refractivity (Wildman–Crippen MR) is 72.2 cm³/mol. The van der Waals surface area contributed by atoms with Crippen LogP contribution in [0.4, 0.5) is 0 Å². The van der Waals surface area contributed by atoms with Gasteiger partial charge in [0.25, 0.3) is 5.91 Å². The molecule has 1 amide bonds. The van der Waals surface area contributed by atoms with Gasteiger partial charge in [-0.25, -0.2) is 0 Å². The number of hydrogen-bond donors (Lipinski definition) is 1. The molecule has 2 rings (SSSR count). The molecule has 0 unspecified atom stereocenters. The lowest BCUT2D eigenvalue weighted by atomic mass is 9.85. The molecule has 94 valence electrons. The minimum atomic E-state index is 0.0382. The molecule has 1 N–H and O–H groups in total. The van der Waals surface area contributed by atoms with Crippen LogP contribution in [0.5, 0.6) is 0 Å². The van der Waals surface area contributed by atoms with Crippen molar-refractivity contribution in [2.75, 3.05) is 6.54 Å². The summed E-state index contributed by atoms with van der Waals surface area (Å²) in [6, 6.07) is 2.18. The summed E-state index contributed by atoms with van der Waals surface area (Å²) in [5.41, 5.74) is 0.742. The maximum atomic E-state index is 12.1. The van der Waals surface area contributed by atoms with Crippen molar-refractivity contribution in [3.63, 3.8) is 0 Å². The van der Waals surface area contributed by atoms with Crippen molar-refractivity contribution < 1.29 is 4.79 Å². The number of nitrogens with one attached hydrogen (secondary N) is 1. The molecule has 0 aromatic carbocycles. The molecule has 0 spiro atoms. The molecule has 0 radical (unpaired) electrons. The molecule has 1 fully saturated rings. The molecule has 1 saturated carbocycles. The molecule has 1 aliphatic rings. The molecule has 4 heteroatoms. The summed E-state index contributed by atoms with van der Waals surface area (Å²) in [5, 5.41) is 3.03. The third-order valence-corrected chi connectivity index (χ3v) is 3.81. The fourth-order valence-electron chi connectivity index (χ4n) is 2.08. The molecular formula is C13H19BrN2O. The Hall–Kier alpha value is -0.770. The highest BCUT2D eigenvalue weighted by atomic mass is 79.9. The molecule has 0 aliphatic heterocycles. The van der Waals surface area contributed by atoms with Crippen LogP contribution in [0.15, 0.2) is 16.7 Å². The Morgan fingerprint density at radius 3 is 2.82 bits per heavy atom. The van der Waals surface area contributed by atoms with E-state index in [-0.39, 0.29) is 5.91 Å². The lowest BCUT2D eigenvalue weighted by molar-refractivity contribution is 0.0928. The van der Waals surface area contributed by atoms with E-state index in [0.717, 1.165) is 16.7 Å². The summed E-state index contributed by atoms with van der Waals surface area (Å²) in [5.74, 6) is 0.737. The summed E-state index contributed by atoms with van der Waals surface area (Å²) in [6.45, 7) is 4.98. The van der Waals surface area contributed by atoms with E-state index in [2.05, 4.69) is 35.1 Å². The highest BCUT2D eigenvalue weighted by Crippen LogP contribution is 2.25. The van der Waals surface area contributed by atoms with Gasteiger partial charge in [0.15, 0.2) is 0 Å². The van der Waals surface area contributed by atoms with Crippen molar-refractivity contribution in [1.29, 1.82) is 0 Å². The summed E-state index contributed by atoms with van der Waals surface area (Å²) < 4.78 is 2.96. The van der Waals surface area contributed by atoms with Gasteiger partial charge in [-0.05, 0) is 54.6 Å². The Labute approximate surface area is 111 Å². The van der Waals surface area contributed by atoms with E-state index in [1.165, 1.54) is 19.3 Å². The monoisotopic (exact) mass is 298 g/mol. The van der Waals surface area contributed by atoms with Gasteiger partial charge in [0.1, 0.15) is 5.69 Å². The lowest BCUT2D eigenvalue weighted by Gasteiger charge is -2.25. The second-order valence-electron chi connectivity index (χ2n) is 5.05. The Kier molecular flexibility index (Phi) is 3.92. The van der Waals surface area contributed by atoms with Gasteiger partial charge in [-0.2, -0.15) is 0 Å². The number of halogens is 1. The van der Waals surface area contributed by atoms with Gasteiger partial charge >= 0.3 is 0 Å². The van der Waals surface area contributed by atoms with Crippen molar-refractivity contribution in [3.8, 4) is 0 Å². The van der Waals surface area contributed by atoms with Crippen LogP contribution >= 0.6 is 15.9 Å². The zero-order valence-electron chi connectivity index (χ0n) is 10.4. The van der Waals surface area contributed by atoms with Gasteiger partial charge < -0.3 is 9.88 Å². The highest BCUT2D eigenvalue weighted by molar-refractivity contribution is 9.10. The molecule has 1 aromatic rings. The molecule has 17 heavy (non-hydrogen) atoms. The van der Waals surface area contributed by atoms with E-state index in [4.69, 9.17) is 0 Å². The minimum Gasteiger partial charge on any atom is -0.350 e. The summed E-state index contributed by atoms with van der Waals surface area (Å²) in [6.07, 6.45) is 5.79. The van der Waals surface area contributed by atoms with E-state index >= 15 is 0 Å². The van der Waals surface area contributed by atoms with E-state index in [1.807, 2.05) is 16.8 Å². The largest absolute Gasteiger partial charge is 0.350 e. The molecule has 3 nitrogen and oxygen atoms in total. The number of amides is 1. The normalized spacial score (nSPS) is 16.0. The van der Waals surface area contributed by atoms with Gasteiger partial charge in [0.05, 0.1) is 0 Å². The van der Waals surface area contributed by atoms with E-state index < -0.39 is 0 Å². The van der Waals surface area contributed by atoms with Gasteiger partial charge in [0, 0.05) is 23.3 Å². The summed E-state index contributed by atoms with van der Waals surface area (Å²) in [7, 11) is 0. The fourth-order valence-corrected chi connectivity index (χ4v) is 2.52. The Morgan fingerprint density at radius 1 is 1.59 bits per heavy atom. The van der Waals surface area contributed by atoms with Crippen molar-refractivity contribution in [2.24, 2.45) is 5.92 Å². The van der Waals surface area contributed by atoms with Crippen molar-refractivity contribution in [2.45, 2.75) is 39.2 Å². The first-order chi connectivity index (χ1) is 8.08. The van der Waals surface area contributed by atoms with Crippen LogP contribution in [0.3, 0.4) is 0 Å². The predicted octanol–water partition coefficient (Wildman–Crippen LogP) is 3.36. The highest BCUT2D eigenvalue weighted by Gasteiger charge is 2.20. The smallest absolute Gasteiger partial charge is 0.267 e. The van der Waals surface area contributed by atoms with Gasteiger partial charge in [0.2, 0.25) is 0 Å². The van der Waals surface area contributed by atoms with Crippen LogP contribution in [0.2, 0.25) is 0 Å². The number of carbonyl (C=O) groups is 1. The topological polar surface area (TPSA) is 34.0 Å². The molecule has 1 aromatic heterocycles. The number of nitrogens with zero attached hydrogens (tertiary/aromatic N) is 1. The van der Waals surface area contributed by atoms with E-state index in [0.29, 0.717) is 12.0 Å². The maximum Gasteiger partial charge on any atom is 0.267 e. The van der Waals surface area contributed by atoms with Gasteiger partial charge in [-0.1, -0.05) is 6.42 Å². The van der Waals surface area contributed by atoms with Crippen LogP contribution < -0.4 is 5.32 Å². The van der Waals surface area contributed by atoms with Crippen molar-refractivity contribution in [1.82, 2.24) is 9.88 Å². The van der Waals surface area contributed by atoms with Crippen LogP contribution in [0.25, 0.3) is 0 Å². The molecule has 0 saturated heterocycles. The molecule has 1 heterocycles. The number of rotatable bonds is 4. The minimum absolute atomic E-state index is 0.0382. The van der Waals surface area contributed by atoms with Crippen LogP contribution in [0, 0.1) is 5.92 Å². The van der Waals surface area contributed by atoms with Crippen molar-refractivity contribution >= 4 is 21.8 Å². The molecule has 0 atom stereocenters. The summed E-state index contributed by atoms with van der Waals surface area (Å²) >= 11 is 3.42. The Morgan fingerprint density at radius 2 is 2.29 bits per heavy atom. The first kappa shape index (κ1) is 12.7. The number of hydrogen-bond acceptors (Lipinski definition) is 1.